The van der Waals surface area contributed by atoms with Gasteiger partial charge in [-0.25, -0.2) is 0 Å². The van der Waals surface area contributed by atoms with Gasteiger partial charge in [-0.05, 0) is 12.6 Å². The van der Waals surface area contributed by atoms with Crippen LogP contribution < -0.4 is 24.7 Å². The molecule has 0 saturated carbocycles. The molecule has 0 radical (unpaired) electrons. The topological polar surface area (TPSA) is 100 Å². The van der Waals surface area contributed by atoms with Gasteiger partial charge in [-0.15, -0.1) is 0 Å². The summed E-state index contributed by atoms with van der Waals surface area (Å²) in [4.78, 5) is 10.9. The number of methoxy groups -OCH3 is 2. The van der Waals surface area contributed by atoms with E-state index in [9.17, 15) is 4.79 Å². The first-order chi connectivity index (χ1) is 9.62. The number of carboxylic acid groups (broad SMARTS) is 1. The van der Waals surface area contributed by atoms with Crippen LogP contribution in [0.2, 0.25) is 0 Å². The maximum atomic E-state index is 10.9. The lowest BCUT2D eigenvalue weighted by Crippen LogP contribution is -2.17. The summed E-state index contributed by atoms with van der Waals surface area (Å²) in [5, 5.41) is 8.98. The van der Waals surface area contributed by atoms with Gasteiger partial charge in [0.15, 0.2) is 11.5 Å². The minimum absolute atomic E-state index is 0.0672. The van der Waals surface area contributed by atoms with Crippen molar-refractivity contribution in [3.63, 3.8) is 0 Å². The van der Waals surface area contributed by atoms with Gasteiger partial charge in [0.05, 0.1) is 20.6 Å². The summed E-state index contributed by atoms with van der Waals surface area (Å²) in [6.07, 6.45) is -0.102. The first kappa shape index (κ1) is 14.3. The van der Waals surface area contributed by atoms with Crippen molar-refractivity contribution in [3.05, 3.63) is 11.6 Å². The van der Waals surface area contributed by atoms with E-state index in [0.29, 0.717) is 28.6 Å². The molecule has 1 aromatic rings. The molecule has 3 N–H and O–H groups in total. The molecule has 110 valence electrons. The third kappa shape index (κ3) is 2.44. The molecule has 0 unspecified atom stereocenters. The van der Waals surface area contributed by atoms with Gasteiger partial charge < -0.3 is 29.8 Å². The summed E-state index contributed by atoms with van der Waals surface area (Å²) in [5.41, 5.74) is 6.32. The highest BCUT2D eigenvalue weighted by Crippen LogP contribution is 2.51. The number of hydrogen-bond donors (Lipinski definition) is 2. The van der Waals surface area contributed by atoms with Crippen LogP contribution in [0.1, 0.15) is 17.9 Å². The molecule has 20 heavy (non-hydrogen) atoms. The van der Waals surface area contributed by atoms with E-state index in [1.165, 1.54) is 14.2 Å². The highest BCUT2D eigenvalue weighted by atomic mass is 16.7. The van der Waals surface area contributed by atoms with Gasteiger partial charge in [-0.1, -0.05) is 0 Å². The molecule has 1 aromatic carbocycles. The first-order valence-electron chi connectivity index (χ1n) is 6.08. The Morgan fingerprint density at radius 2 is 2.10 bits per heavy atom. The van der Waals surface area contributed by atoms with Gasteiger partial charge >= 0.3 is 5.97 Å². The molecule has 2 rings (SSSR count). The normalized spacial score (nSPS) is 13.9. The third-order valence-electron chi connectivity index (χ3n) is 3.16. The second kappa shape index (κ2) is 5.87. The van der Waals surface area contributed by atoms with E-state index in [-0.39, 0.29) is 19.8 Å². The second-order valence-electron chi connectivity index (χ2n) is 4.30. The molecule has 0 aliphatic carbocycles. The maximum absolute atomic E-state index is 10.9. The number of rotatable bonds is 6. The Morgan fingerprint density at radius 3 is 2.65 bits per heavy atom. The molecule has 0 aromatic heterocycles. The molecule has 0 fully saturated rings. The van der Waals surface area contributed by atoms with Crippen LogP contribution in [-0.4, -0.2) is 38.6 Å². The highest BCUT2D eigenvalue weighted by molar-refractivity contribution is 5.70. The number of benzene rings is 1. The second-order valence-corrected chi connectivity index (χ2v) is 4.30. The van der Waals surface area contributed by atoms with Gasteiger partial charge in [0.2, 0.25) is 18.3 Å². The van der Waals surface area contributed by atoms with Crippen molar-refractivity contribution < 1.29 is 28.8 Å². The number of carboxylic acids is 1. The Labute approximate surface area is 116 Å². The van der Waals surface area contributed by atoms with E-state index >= 15 is 0 Å². The number of aliphatic carboxylic acids is 1. The summed E-state index contributed by atoms with van der Waals surface area (Å²) >= 11 is 0. The molecule has 1 aliphatic rings. The maximum Gasteiger partial charge on any atom is 0.304 e. The number of nitrogens with two attached hydrogens (primary N) is 1. The van der Waals surface area contributed by atoms with E-state index in [0.717, 1.165) is 0 Å². The molecular formula is C13H17NO6. The fraction of sp³-hybridized carbons (Fsp3) is 0.462. The van der Waals surface area contributed by atoms with Gasteiger partial charge in [-0.3, -0.25) is 4.79 Å². The van der Waals surface area contributed by atoms with Crippen LogP contribution in [0.3, 0.4) is 0 Å². The van der Waals surface area contributed by atoms with Crippen LogP contribution >= 0.6 is 0 Å². The Balaban J connectivity index is 2.53. The molecule has 7 heteroatoms. The predicted molar refractivity (Wildman–Crippen MR) is 69.7 cm³/mol. The summed E-state index contributed by atoms with van der Waals surface area (Å²) in [6, 6.07) is 1.69. The van der Waals surface area contributed by atoms with E-state index in [1.54, 1.807) is 6.07 Å². The van der Waals surface area contributed by atoms with Crippen LogP contribution in [0.4, 0.5) is 0 Å². The quantitative estimate of drug-likeness (QED) is 0.801. The zero-order chi connectivity index (χ0) is 14.7. The van der Waals surface area contributed by atoms with Crippen molar-refractivity contribution in [2.45, 2.75) is 12.3 Å². The highest BCUT2D eigenvalue weighted by Gasteiger charge is 2.30. The lowest BCUT2D eigenvalue weighted by atomic mass is 9.94. The van der Waals surface area contributed by atoms with Gasteiger partial charge in [0, 0.05) is 11.5 Å². The summed E-state index contributed by atoms with van der Waals surface area (Å²) < 4.78 is 21.3. The Hall–Kier alpha value is -2.15. The zero-order valence-electron chi connectivity index (χ0n) is 11.3. The largest absolute Gasteiger partial charge is 0.493 e. The Morgan fingerprint density at radius 1 is 1.40 bits per heavy atom. The molecule has 0 bridgehead atoms. The standard InChI is InChI=1S/C13H17NO6/c1-17-9-4-8(7(5-14)3-10(15)16)11(18-2)13-12(9)19-6-20-13/h4,7H,3,5-6,14H2,1-2H3,(H,15,16)/t7-/m1/s1. The monoisotopic (exact) mass is 283 g/mol. The molecule has 1 heterocycles. The zero-order valence-corrected chi connectivity index (χ0v) is 11.3. The smallest absolute Gasteiger partial charge is 0.304 e. The van der Waals surface area contributed by atoms with E-state index in [2.05, 4.69) is 0 Å². The fourth-order valence-corrected chi connectivity index (χ4v) is 2.23. The van der Waals surface area contributed by atoms with Crippen molar-refractivity contribution in [1.82, 2.24) is 0 Å². The summed E-state index contributed by atoms with van der Waals surface area (Å²) in [7, 11) is 2.99. The van der Waals surface area contributed by atoms with Crippen molar-refractivity contribution in [1.29, 1.82) is 0 Å². The van der Waals surface area contributed by atoms with Crippen LogP contribution in [-0.2, 0) is 4.79 Å². The number of fused-ring (bicyclic) bond motifs is 1. The SMILES string of the molecule is COc1cc([C@@H](CN)CC(=O)O)c(OC)c2c1OCO2. The first-order valence-corrected chi connectivity index (χ1v) is 6.08. The van der Waals surface area contributed by atoms with Gasteiger partial charge in [0.1, 0.15) is 0 Å². The molecule has 7 nitrogen and oxygen atoms in total. The van der Waals surface area contributed by atoms with Crippen molar-refractivity contribution in [3.8, 4) is 23.0 Å². The van der Waals surface area contributed by atoms with E-state index in [1.807, 2.05) is 0 Å². The summed E-state index contributed by atoms with van der Waals surface area (Å²) in [5.74, 6) is 0.460. The molecule has 0 saturated heterocycles. The lowest BCUT2D eigenvalue weighted by Gasteiger charge is -2.19. The van der Waals surface area contributed by atoms with Crippen LogP contribution in [0.5, 0.6) is 23.0 Å². The molecular weight excluding hydrogens is 266 g/mol. The number of carbonyl (C=O) groups is 1. The van der Waals surface area contributed by atoms with Crippen LogP contribution in [0.25, 0.3) is 0 Å². The Bertz CT molecular complexity index is 516. The average Bonchev–Trinajstić information content (AvgIpc) is 2.92. The lowest BCUT2D eigenvalue weighted by molar-refractivity contribution is -0.137. The average molecular weight is 283 g/mol. The molecule has 1 atom stereocenters. The van der Waals surface area contributed by atoms with E-state index < -0.39 is 11.9 Å². The van der Waals surface area contributed by atoms with Crippen molar-refractivity contribution >= 4 is 5.97 Å². The Kier molecular flexibility index (Phi) is 4.19. The summed E-state index contributed by atoms with van der Waals surface area (Å²) in [6.45, 7) is 0.239. The van der Waals surface area contributed by atoms with Gasteiger partial charge in [-0.2, -0.15) is 0 Å². The third-order valence-corrected chi connectivity index (χ3v) is 3.16. The molecule has 0 spiro atoms. The predicted octanol–water partition coefficient (Wildman–Crippen LogP) is 0.949. The number of hydrogen-bond acceptors (Lipinski definition) is 6. The molecule has 0 amide bonds. The minimum atomic E-state index is -0.931. The van der Waals surface area contributed by atoms with Crippen LogP contribution in [0, 0.1) is 0 Å². The number of ether oxygens (including phenoxy) is 4. The van der Waals surface area contributed by atoms with E-state index in [4.69, 9.17) is 29.8 Å². The van der Waals surface area contributed by atoms with Gasteiger partial charge in [0.25, 0.3) is 0 Å². The van der Waals surface area contributed by atoms with Crippen molar-refractivity contribution in [2.75, 3.05) is 27.6 Å². The van der Waals surface area contributed by atoms with Crippen LogP contribution in [0.15, 0.2) is 6.07 Å². The molecule has 1 aliphatic heterocycles. The minimum Gasteiger partial charge on any atom is -0.493 e. The van der Waals surface area contributed by atoms with Crippen molar-refractivity contribution in [2.24, 2.45) is 5.73 Å². The fourth-order valence-electron chi connectivity index (χ4n) is 2.23.